The van der Waals surface area contributed by atoms with Gasteiger partial charge in [-0.2, -0.15) is 0 Å². The highest BCUT2D eigenvalue weighted by Gasteiger charge is 2.29. The molecule has 1 amide bonds. The van der Waals surface area contributed by atoms with Crippen LogP contribution in [-0.4, -0.2) is 37.3 Å². The van der Waals surface area contributed by atoms with Crippen molar-refractivity contribution in [2.75, 3.05) is 20.4 Å². The molecule has 6 heteroatoms. The molecule has 0 bridgehead atoms. The van der Waals surface area contributed by atoms with Crippen LogP contribution < -0.4 is 19.9 Å². The number of amides is 1. The van der Waals surface area contributed by atoms with Gasteiger partial charge in [0, 0.05) is 31.3 Å². The minimum atomic E-state index is -0.0202. The van der Waals surface area contributed by atoms with E-state index in [2.05, 4.69) is 0 Å². The molecule has 1 saturated carbocycles. The average molecular weight is 278 g/mol. The number of nitrogens with zero attached hydrogens (tertiary/aromatic N) is 1. The molecule has 2 N–H and O–H groups in total. The number of carbonyl (C=O) groups is 1. The molecule has 2 aliphatic rings. The smallest absolute Gasteiger partial charge is 0.260 e. The molecule has 3 rings (SSSR count). The molecule has 1 aliphatic carbocycles. The monoisotopic (exact) mass is 278 g/mol. The van der Waals surface area contributed by atoms with Crippen molar-refractivity contribution < 1.29 is 19.0 Å². The zero-order valence-electron chi connectivity index (χ0n) is 11.4. The third kappa shape index (κ3) is 2.51. The van der Waals surface area contributed by atoms with E-state index < -0.39 is 0 Å². The third-order valence-electron chi connectivity index (χ3n) is 3.61. The van der Waals surface area contributed by atoms with Gasteiger partial charge in [0.25, 0.3) is 5.91 Å². The number of fused-ring (bicyclic) bond motifs is 1. The Balaban J connectivity index is 1.68. The number of hydrogen-bond donors (Lipinski definition) is 1. The van der Waals surface area contributed by atoms with Crippen LogP contribution in [0.2, 0.25) is 0 Å². The predicted molar refractivity (Wildman–Crippen MR) is 71.7 cm³/mol. The van der Waals surface area contributed by atoms with Crippen molar-refractivity contribution in [3.63, 3.8) is 0 Å². The summed E-state index contributed by atoms with van der Waals surface area (Å²) in [5.41, 5.74) is 6.50. The first-order valence-electron chi connectivity index (χ1n) is 6.70. The van der Waals surface area contributed by atoms with Crippen molar-refractivity contribution in [2.45, 2.75) is 25.4 Å². The maximum atomic E-state index is 11.9. The van der Waals surface area contributed by atoms with Gasteiger partial charge in [-0.15, -0.1) is 0 Å². The Labute approximate surface area is 117 Å². The minimum Gasteiger partial charge on any atom is -0.483 e. The molecule has 108 valence electrons. The zero-order chi connectivity index (χ0) is 14.1. The summed E-state index contributed by atoms with van der Waals surface area (Å²) in [7, 11) is 1.81. The van der Waals surface area contributed by atoms with Crippen LogP contribution >= 0.6 is 0 Å². The van der Waals surface area contributed by atoms with Gasteiger partial charge in [0.15, 0.2) is 18.1 Å². The molecule has 0 spiro atoms. The fourth-order valence-electron chi connectivity index (χ4n) is 2.17. The predicted octanol–water partition coefficient (Wildman–Crippen LogP) is 0.874. The van der Waals surface area contributed by atoms with Gasteiger partial charge in [-0.1, -0.05) is 0 Å². The highest BCUT2D eigenvalue weighted by atomic mass is 16.7. The largest absolute Gasteiger partial charge is 0.483 e. The van der Waals surface area contributed by atoms with E-state index in [-0.39, 0.29) is 19.3 Å². The first kappa shape index (κ1) is 13.1. The fourth-order valence-corrected chi connectivity index (χ4v) is 2.17. The molecule has 6 nitrogen and oxygen atoms in total. The van der Waals surface area contributed by atoms with E-state index in [9.17, 15) is 4.79 Å². The number of carbonyl (C=O) groups excluding carboxylic acids is 1. The van der Waals surface area contributed by atoms with Gasteiger partial charge in [0.05, 0.1) is 0 Å². The molecule has 1 fully saturated rings. The quantitative estimate of drug-likeness (QED) is 0.865. The molecular weight excluding hydrogens is 260 g/mol. The number of likely N-dealkylation sites (N-methyl/N-ethyl adjacent to an activating group) is 1. The Bertz CT molecular complexity index is 528. The van der Waals surface area contributed by atoms with Gasteiger partial charge in [-0.3, -0.25) is 4.79 Å². The van der Waals surface area contributed by atoms with Crippen molar-refractivity contribution >= 4 is 5.91 Å². The molecule has 20 heavy (non-hydrogen) atoms. The second-order valence-corrected chi connectivity index (χ2v) is 5.04. The van der Waals surface area contributed by atoms with E-state index in [4.69, 9.17) is 19.9 Å². The number of benzene rings is 1. The first-order valence-corrected chi connectivity index (χ1v) is 6.70. The topological polar surface area (TPSA) is 74.0 Å². The van der Waals surface area contributed by atoms with Gasteiger partial charge in [0.1, 0.15) is 5.75 Å². The van der Waals surface area contributed by atoms with E-state index in [1.54, 1.807) is 17.0 Å². The van der Waals surface area contributed by atoms with E-state index in [1.807, 2.05) is 7.05 Å². The summed E-state index contributed by atoms with van der Waals surface area (Å²) < 4.78 is 16.2. The highest BCUT2D eigenvalue weighted by Crippen LogP contribution is 2.38. The van der Waals surface area contributed by atoms with Crippen molar-refractivity contribution in [1.29, 1.82) is 0 Å². The van der Waals surface area contributed by atoms with E-state index in [0.717, 1.165) is 18.4 Å². The summed E-state index contributed by atoms with van der Waals surface area (Å²) in [6.07, 6.45) is 2.17. The lowest BCUT2D eigenvalue weighted by Gasteiger charge is -2.17. The Morgan fingerprint density at radius 3 is 2.75 bits per heavy atom. The van der Waals surface area contributed by atoms with Crippen LogP contribution in [0.4, 0.5) is 0 Å². The fraction of sp³-hybridized carbons (Fsp3) is 0.500. The first-order chi connectivity index (χ1) is 9.69. The molecular formula is C14H18N2O4. The van der Waals surface area contributed by atoms with Gasteiger partial charge >= 0.3 is 0 Å². The summed E-state index contributed by atoms with van der Waals surface area (Å²) in [5, 5.41) is 0. The maximum Gasteiger partial charge on any atom is 0.260 e. The maximum absolute atomic E-state index is 11.9. The summed E-state index contributed by atoms with van der Waals surface area (Å²) in [6, 6.07) is 3.92. The van der Waals surface area contributed by atoms with Crippen LogP contribution in [0.25, 0.3) is 0 Å². The zero-order valence-corrected chi connectivity index (χ0v) is 11.4. The highest BCUT2D eigenvalue weighted by molar-refractivity contribution is 5.78. The lowest BCUT2D eigenvalue weighted by molar-refractivity contribution is -0.132. The Morgan fingerprint density at radius 1 is 1.40 bits per heavy atom. The van der Waals surface area contributed by atoms with Gasteiger partial charge in [-0.05, 0) is 18.9 Å². The minimum absolute atomic E-state index is 0.0135. The van der Waals surface area contributed by atoms with Crippen molar-refractivity contribution in [3.8, 4) is 17.2 Å². The molecule has 1 aliphatic heterocycles. The third-order valence-corrected chi connectivity index (χ3v) is 3.61. The number of rotatable bonds is 5. The average Bonchev–Trinajstić information content (AvgIpc) is 3.21. The molecule has 0 saturated heterocycles. The van der Waals surface area contributed by atoms with E-state index in [1.165, 1.54) is 0 Å². The van der Waals surface area contributed by atoms with Crippen LogP contribution in [-0.2, 0) is 11.3 Å². The Kier molecular flexibility index (Phi) is 3.40. The summed E-state index contributed by atoms with van der Waals surface area (Å²) in [5.74, 6) is 1.85. The second-order valence-electron chi connectivity index (χ2n) is 5.04. The van der Waals surface area contributed by atoms with Gasteiger partial charge in [-0.25, -0.2) is 0 Å². The second kappa shape index (κ2) is 5.20. The van der Waals surface area contributed by atoms with Crippen LogP contribution in [0.1, 0.15) is 18.4 Å². The van der Waals surface area contributed by atoms with Crippen molar-refractivity contribution in [3.05, 3.63) is 17.7 Å². The molecule has 1 aromatic rings. The van der Waals surface area contributed by atoms with E-state index >= 15 is 0 Å². The van der Waals surface area contributed by atoms with Crippen molar-refractivity contribution in [1.82, 2.24) is 4.90 Å². The lowest BCUT2D eigenvalue weighted by atomic mass is 10.2. The SMILES string of the molecule is CN(C(=O)COc1cc2c(cc1CN)OCO2)C1CC1. The van der Waals surface area contributed by atoms with Gasteiger partial charge < -0.3 is 24.8 Å². The lowest BCUT2D eigenvalue weighted by Crippen LogP contribution is -2.33. The Morgan fingerprint density at radius 2 is 2.10 bits per heavy atom. The standard InChI is InChI=1S/C14H18N2O4/c1-16(10-2-3-10)14(17)7-18-11-5-13-12(19-8-20-13)4-9(11)6-15/h4-5,10H,2-3,6-8,15H2,1H3. The van der Waals surface area contributed by atoms with Crippen LogP contribution in [0.5, 0.6) is 17.2 Å². The summed E-state index contributed by atoms with van der Waals surface area (Å²) >= 11 is 0. The molecule has 1 heterocycles. The van der Waals surface area contributed by atoms with Crippen LogP contribution in [0.15, 0.2) is 12.1 Å². The van der Waals surface area contributed by atoms with Crippen molar-refractivity contribution in [2.24, 2.45) is 5.73 Å². The summed E-state index contributed by atoms with van der Waals surface area (Å²) in [4.78, 5) is 13.7. The number of ether oxygens (including phenoxy) is 3. The van der Waals surface area contributed by atoms with Crippen LogP contribution in [0, 0.1) is 0 Å². The van der Waals surface area contributed by atoms with Gasteiger partial charge in [0.2, 0.25) is 6.79 Å². The molecule has 0 aromatic heterocycles. The molecule has 1 aromatic carbocycles. The van der Waals surface area contributed by atoms with Crippen LogP contribution in [0.3, 0.4) is 0 Å². The number of hydrogen-bond acceptors (Lipinski definition) is 5. The molecule has 0 atom stereocenters. The summed E-state index contributed by atoms with van der Waals surface area (Å²) in [6.45, 7) is 0.532. The normalized spacial score (nSPS) is 16.1. The number of nitrogens with two attached hydrogens (primary N) is 1. The Hall–Kier alpha value is -1.95. The van der Waals surface area contributed by atoms with E-state index in [0.29, 0.717) is 29.8 Å². The molecule has 0 unspecified atom stereocenters. The molecule has 0 radical (unpaired) electrons.